The van der Waals surface area contributed by atoms with Crippen LogP contribution in [-0.2, 0) is 0 Å². The number of nitrogens with two attached hydrogens (primary N) is 1. The van der Waals surface area contributed by atoms with Gasteiger partial charge in [0.05, 0.1) is 0 Å². The van der Waals surface area contributed by atoms with Gasteiger partial charge in [0.25, 0.3) is 0 Å². The van der Waals surface area contributed by atoms with Crippen LogP contribution in [0.2, 0.25) is 0 Å². The van der Waals surface area contributed by atoms with E-state index in [-0.39, 0.29) is 0 Å². The van der Waals surface area contributed by atoms with Gasteiger partial charge < -0.3 is 5.73 Å². The van der Waals surface area contributed by atoms with Crippen molar-refractivity contribution in [3.63, 3.8) is 0 Å². The van der Waals surface area contributed by atoms with Crippen LogP contribution in [0.4, 0.5) is 0 Å². The second kappa shape index (κ2) is 5.37. The predicted molar refractivity (Wildman–Crippen MR) is 71.4 cm³/mol. The zero-order valence-corrected chi connectivity index (χ0v) is 11.1. The van der Waals surface area contributed by atoms with Crippen molar-refractivity contribution in [2.45, 2.75) is 12.3 Å². The summed E-state index contributed by atoms with van der Waals surface area (Å²) in [5, 5.41) is 0. The lowest BCUT2D eigenvalue weighted by molar-refractivity contribution is 0.440. The molecule has 2 N–H and O–H groups in total. The molecule has 1 aliphatic heterocycles. The molecule has 0 radical (unpaired) electrons. The zero-order chi connectivity index (χ0) is 10.7. The number of thioether (sulfide) groups is 1. The highest BCUT2D eigenvalue weighted by molar-refractivity contribution is 9.10. The van der Waals surface area contributed by atoms with Crippen molar-refractivity contribution >= 4 is 27.7 Å². The van der Waals surface area contributed by atoms with Gasteiger partial charge in [-0.25, -0.2) is 0 Å². The number of halogens is 1. The Hall–Kier alpha value is 0.01000. The van der Waals surface area contributed by atoms with E-state index in [4.69, 9.17) is 5.73 Å². The van der Waals surface area contributed by atoms with Crippen LogP contribution in [0, 0.1) is 5.92 Å². The van der Waals surface area contributed by atoms with E-state index in [2.05, 4.69) is 52.0 Å². The topological polar surface area (TPSA) is 26.0 Å². The fraction of sp³-hybridized carbons (Fsp3) is 0.500. The first-order chi connectivity index (χ1) is 7.31. The molecule has 0 bridgehead atoms. The monoisotopic (exact) mass is 285 g/mol. The van der Waals surface area contributed by atoms with Gasteiger partial charge in [-0.05, 0) is 48.3 Å². The van der Waals surface area contributed by atoms with Gasteiger partial charge in [-0.15, -0.1) is 0 Å². The summed E-state index contributed by atoms with van der Waals surface area (Å²) in [5.74, 6) is 3.80. The lowest BCUT2D eigenvalue weighted by Crippen LogP contribution is -2.27. The molecular formula is C12H16BrNS. The van der Waals surface area contributed by atoms with Gasteiger partial charge >= 0.3 is 0 Å². The molecule has 3 heteroatoms. The average Bonchev–Trinajstić information content (AvgIpc) is 2.29. The molecule has 2 atom stereocenters. The van der Waals surface area contributed by atoms with Crippen molar-refractivity contribution in [2.75, 3.05) is 18.1 Å². The van der Waals surface area contributed by atoms with Crippen molar-refractivity contribution < 1.29 is 0 Å². The number of hydrogen-bond acceptors (Lipinski definition) is 2. The van der Waals surface area contributed by atoms with Gasteiger partial charge in [0.1, 0.15) is 0 Å². The maximum absolute atomic E-state index is 5.85. The highest BCUT2D eigenvalue weighted by Crippen LogP contribution is 2.36. The van der Waals surface area contributed by atoms with Crippen LogP contribution in [-0.4, -0.2) is 18.1 Å². The maximum atomic E-state index is 5.85. The van der Waals surface area contributed by atoms with E-state index in [1.54, 1.807) is 0 Å². The van der Waals surface area contributed by atoms with E-state index in [1.165, 1.54) is 28.0 Å². The molecule has 1 aromatic rings. The standard InChI is InChI=1S/C12H16BrNS/c13-11-3-1-2-9(6-11)12-8-15-5-4-10(12)7-14/h1-3,6,10,12H,4-5,7-8,14H2. The quantitative estimate of drug-likeness (QED) is 0.903. The Bertz CT molecular complexity index is 329. The predicted octanol–water partition coefficient (Wildman–Crippen LogP) is 3.24. The van der Waals surface area contributed by atoms with Crippen molar-refractivity contribution in [1.82, 2.24) is 0 Å². The molecule has 1 heterocycles. The first-order valence-electron chi connectivity index (χ1n) is 5.34. The molecule has 0 saturated carbocycles. The smallest absolute Gasteiger partial charge is 0.0178 e. The van der Waals surface area contributed by atoms with Gasteiger partial charge in [0.15, 0.2) is 0 Å². The van der Waals surface area contributed by atoms with E-state index >= 15 is 0 Å². The lowest BCUT2D eigenvalue weighted by Gasteiger charge is -2.30. The van der Waals surface area contributed by atoms with E-state index in [1.807, 2.05) is 0 Å². The molecule has 1 aromatic carbocycles. The summed E-state index contributed by atoms with van der Waals surface area (Å²) < 4.78 is 1.17. The summed E-state index contributed by atoms with van der Waals surface area (Å²) in [6, 6.07) is 8.66. The van der Waals surface area contributed by atoms with E-state index in [9.17, 15) is 0 Å². The van der Waals surface area contributed by atoms with Crippen LogP contribution in [0.25, 0.3) is 0 Å². The Morgan fingerprint density at radius 2 is 2.33 bits per heavy atom. The van der Waals surface area contributed by atoms with Crippen LogP contribution >= 0.6 is 27.7 Å². The molecular weight excluding hydrogens is 270 g/mol. The molecule has 2 unspecified atom stereocenters. The maximum Gasteiger partial charge on any atom is 0.0178 e. The van der Waals surface area contributed by atoms with Crippen LogP contribution < -0.4 is 5.73 Å². The zero-order valence-electron chi connectivity index (χ0n) is 8.66. The Labute approximate surface area is 104 Å². The van der Waals surface area contributed by atoms with Crippen LogP contribution in [0.15, 0.2) is 28.7 Å². The minimum Gasteiger partial charge on any atom is -0.330 e. The van der Waals surface area contributed by atoms with Crippen LogP contribution in [0.3, 0.4) is 0 Å². The van der Waals surface area contributed by atoms with Crippen LogP contribution in [0.1, 0.15) is 17.9 Å². The van der Waals surface area contributed by atoms with Crippen molar-refractivity contribution in [3.8, 4) is 0 Å². The highest BCUT2D eigenvalue weighted by atomic mass is 79.9. The molecule has 1 saturated heterocycles. The summed E-state index contributed by atoms with van der Waals surface area (Å²) >= 11 is 5.58. The van der Waals surface area contributed by atoms with Gasteiger partial charge in [-0.3, -0.25) is 0 Å². The first kappa shape index (κ1) is 11.5. The molecule has 1 aliphatic rings. The number of rotatable bonds is 2. The largest absolute Gasteiger partial charge is 0.330 e. The second-order valence-corrected chi connectivity index (χ2v) is 6.09. The first-order valence-corrected chi connectivity index (χ1v) is 7.29. The van der Waals surface area contributed by atoms with Crippen molar-refractivity contribution in [2.24, 2.45) is 11.7 Å². The number of benzene rings is 1. The molecule has 1 nitrogen and oxygen atoms in total. The van der Waals surface area contributed by atoms with Gasteiger partial charge in [0, 0.05) is 10.2 Å². The Balaban J connectivity index is 2.20. The van der Waals surface area contributed by atoms with E-state index < -0.39 is 0 Å². The normalized spacial score (nSPS) is 26.5. The summed E-state index contributed by atoms with van der Waals surface area (Å²) in [4.78, 5) is 0. The van der Waals surface area contributed by atoms with Crippen molar-refractivity contribution in [3.05, 3.63) is 34.3 Å². The molecule has 0 aliphatic carbocycles. The summed E-state index contributed by atoms with van der Waals surface area (Å²) in [5.41, 5.74) is 7.29. The van der Waals surface area contributed by atoms with Gasteiger partial charge in [-0.2, -0.15) is 11.8 Å². The van der Waals surface area contributed by atoms with Gasteiger partial charge in [-0.1, -0.05) is 28.1 Å². The third kappa shape index (κ3) is 2.77. The molecule has 0 amide bonds. The minimum atomic E-state index is 0.645. The van der Waals surface area contributed by atoms with Gasteiger partial charge in [0.2, 0.25) is 0 Å². The van der Waals surface area contributed by atoms with E-state index in [0.29, 0.717) is 11.8 Å². The molecule has 2 rings (SSSR count). The van der Waals surface area contributed by atoms with Crippen molar-refractivity contribution in [1.29, 1.82) is 0 Å². The van der Waals surface area contributed by atoms with Crippen LogP contribution in [0.5, 0.6) is 0 Å². The fourth-order valence-electron chi connectivity index (χ4n) is 2.17. The SMILES string of the molecule is NCC1CCSCC1c1cccc(Br)c1. The summed E-state index contributed by atoms with van der Waals surface area (Å²) in [6.07, 6.45) is 1.26. The Morgan fingerprint density at radius 3 is 3.07 bits per heavy atom. The summed E-state index contributed by atoms with van der Waals surface area (Å²) in [7, 11) is 0. The van der Waals surface area contributed by atoms with E-state index in [0.717, 1.165) is 6.54 Å². The molecule has 0 spiro atoms. The summed E-state index contributed by atoms with van der Waals surface area (Å²) in [6.45, 7) is 0.817. The molecule has 15 heavy (non-hydrogen) atoms. The Morgan fingerprint density at radius 1 is 1.47 bits per heavy atom. The minimum absolute atomic E-state index is 0.645. The second-order valence-electron chi connectivity index (χ2n) is 4.02. The fourth-order valence-corrected chi connectivity index (χ4v) is 3.94. The third-order valence-corrected chi connectivity index (χ3v) is 4.69. The molecule has 1 fully saturated rings. The number of hydrogen-bond donors (Lipinski definition) is 1. The highest BCUT2D eigenvalue weighted by Gasteiger charge is 2.25. The molecule has 0 aromatic heterocycles. The lowest BCUT2D eigenvalue weighted by atomic mass is 9.85. The Kier molecular flexibility index (Phi) is 4.12. The third-order valence-electron chi connectivity index (χ3n) is 3.08. The molecule has 82 valence electrons. The average molecular weight is 286 g/mol.